The van der Waals surface area contributed by atoms with Crippen LogP contribution < -0.4 is 5.73 Å². The third-order valence-corrected chi connectivity index (χ3v) is 3.92. The molecule has 96 valence electrons. The van der Waals surface area contributed by atoms with Crippen molar-refractivity contribution in [3.8, 4) is 0 Å². The molecule has 2 N–H and O–H groups in total. The lowest BCUT2D eigenvalue weighted by Crippen LogP contribution is -2.46. The summed E-state index contributed by atoms with van der Waals surface area (Å²) in [4.78, 5) is 2.62. The fourth-order valence-corrected chi connectivity index (χ4v) is 2.63. The molecular formula is C13H28N2O. The molecule has 1 aliphatic rings. The predicted molar refractivity (Wildman–Crippen MR) is 68.6 cm³/mol. The van der Waals surface area contributed by atoms with Gasteiger partial charge in [0.25, 0.3) is 0 Å². The number of nitrogens with zero attached hydrogens (tertiary/aromatic N) is 1. The minimum Gasteiger partial charge on any atom is -0.383 e. The summed E-state index contributed by atoms with van der Waals surface area (Å²) in [6.45, 7) is 6.49. The van der Waals surface area contributed by atoms with Crippen LogP contribution in [-0.4, -0.2) is 43.3 Å². The summed E-state index contributed by atoms with van der Waals surface area (Å²) in [6.07, 6.45) is 6.10. The maximum atomic E-state index is 5.96. The second kappa shape index (κ2) is 7.25. The molecule has 0 aromatic rings. The van der Waals surface area contributed by atoms with E-state index in [-0.39, 0.29) is 0 Å². The van der Waals surface area contributed by atoms with Gasteiger partial charge < -0.3 is 10.5 Å². The summed E-state index contributed by atoms with van der Waals surface area (Å²) < 4.78 is 5.21. The molecule has 0 heterocycles. The summed E-state index contributed by atoms with van der Waals surface area (Å²) in [7, 11) is 1.78. The highest BCUT2D eigenvalue weighted by Gasteiger charge is 2.26. The van der Waals surface area contributed by atoms with Crippen molar-refractivity contribution in [1.29, 1.82) is 0 Å². The van der Waals surface area contributed by atoms with Gasteiger partial charge in [-0.05, 0) is 39.0 Å². The van der Waals surface area contributed by atoms with Crippen molar-refractivity contribution in [2.24, 2.45) is 5.73 Å². The number of hydrogen-bond acceptors (Lipinski definition) is 3. The molecule has 0 bridgehead atoms. The van der Waals surface area contributed by atoms with Gasteiger partial charge in [-0.1, -0.05) is 6.92 Å². The Labute approximate surface area is 100 Å². The van der Waals surface area contributed by atoms with Crippen molar-refractivity contribution in [3.05, 3.63) is 0 Å². The Morgan fingerprint density at radius 3 is 2.44 bits per heavy atom. The largest absolute Gasteiger partial charge is 0.383 e. The quantitative estimate of drug-likeness (QED) is 0.756. The average Bonchev–Trinajstić information content (AvgIpc) is 2.31. The molecule has 1 rings (SSSR count). The Kier molecular flexibility index (Phi) is 6.32. The van der Waals surface area contributed by atoms with E-state index in [1.54, 1.807) is 7.11 Å². The normalized spacial score (nSPS) is 28.3. The lowest BCUT2D eigenvalue weighted by atomic mass is 9.90. The number of nitrogens with two attached hydrogens (primary N) is 1. The van der Waals surface area contributed by atoms with Gasteiger partial charge in [-0.15, -0.1) is 0 Å². The van der Waals surface area contributed by atoms with Gasteiger partial charge in [0.1, 0.15) is 0 Å². The summed E-state index contributed by atoms with van der Waals surface area (Å²) >= 11 is 0. The van der Waals surface area contributed by atoms with Gasteiger partial charge in [0, 0.05) is 31.8 Å². The van der Waals surface area contributed by atoms with Gasteiger partial charge in [-0.2, -0.15) is 0 Å². The van der Waals surface area contributed by atoms with Gasteiger partial charge in [0.05, 0.1) is 6.61 Å². The van der Waals surface area contributed by atoms with Crippen molar-refractivity contribution >= 4 is 0 Å². The van der Waals surface area contributed by atoms with Gasteiger partial charge in [0.15, 0.2) is 0 Å². The summed E-state index contributed by atoms with van der Waals surface area (Å²) in [6, 6.07) is 1.83. The first-order chi connectivity index (χ1) is 7.69. The van der Waals surface area contributed by atoms with Crippen LogP contribution in [0.3, 0.4) is 0 Å². The fraction of sp³-hybridized carbons (Fsp3) is 1.00. The van der Waals surface area contributed by atoms with Gasteiger partial charge in [-0.25, -0.2) is 0 Å². The molecule has 1 saturated carbocycles. The smallest absolute Gasteiger partial charge is 0.0589 e. The third kappa shape index (κ3) is 4.04. The zero-order valence-corrected chi connectivity index (χ0v) is 11.1. The highest BCUT2D eigenvalue weighted by Crippen LogP contribution is 2.24. The molecular weight excluding hydrogens is 200 g/mol. The Hall–Kier alpha value is -0.120. The molecule has 3 heteroatoms. The molecule has 0 saturated heterocycles. The second-order valence-electron chi connectivity index (χ2n) is 5.06. The first-order valence-corrected chi connectivity index (χ1v) is 6.69. The molecule has 0 spiro atoms. The van der Waals surface area contributed by atoms with E-state index in [2.05, 4.69) is 18.7 Å². The van der Waals surface area contributed by atoms with E-state index >= 15 is 0 Å². The number of rotatable bonds is 6. The molecule has 0 radical (unpaired) electrons. The van der Waals surface area contributed by atoms with Gasteiger partial charge in [0.2, 0.25) is 0 Å². The van der Waals surface area contributed by atoms with Crippen LogP contribution in [0.1, 0.15) is 46.0 Å². The fourth-order valence-electron chi connectivity index (χ4n) is 2.63. The van der Waals surface area contributed by atoms with Gasteiger partial charge in [-0.3, -0.25) is 4.90 Å². The highest BCUT2D eigenvalue weighted by molar-refractivity contribution is 4.83. The van der Waals surface area contributed by atoms with E-state index in [4.69, 9.17) is 10.5 Å². The van der Waals surface area contributed by atoms with Gasteiger partial charge >= 0.3 is 0 Å². The molecule has 0 aliphatic heterocycles. The molecule has 1 fully saturated rings. The molecule has 1 unspecified atom stereocenters. The lowest BCUT2D eigenvalue weighted by molar-refractivity contribution is 0.0686. The molecule has 0 aromatic carbocycles. The standard InChI is InChI=1S/C13H28N2O/c1-4-11(2)15(9-10-16-3)13-7-5-12(14)6-8-13/h11-13H,4-10,14H2,1-3H3. The number of ether oxygens (including phenoxy) is 1. The number of hydrogen-bond donors (Lipinski definition) is 1. The zero-order valence-electron chi connectivity index (χ0n) is 11.1. The van der Waals surface area contributed by atoms with E-state index in [9.17, 15) is 0 Å². The average molecular weight is 228 g/mol. The van der Waals surface area contributed by atoms with Crippen LogP contribution in [0.2, 0.25) is 0 Å². The first-order valence-electron chi connectivity index (χ1n) is 6.69. The van der Waals surface area contributed by atoms with E-state index in [1.165, 1.54) is 32.1 Å². The van der Waals surface area contributed by atoms with Crippen molar-refractivity contribution in [2.75, 3.05) is 20.3 Å². The van der Waals surface area contributed by atoms with E-state index in [0.29, 0.717) is 12.1 Å². The minimum absolute atomic E-state index is 0.442. The molecule has 0 amide bonds. The Bertz CT molecular complexity index is 179. The molecule has 1 atom stereocenters. The Morgan fingerprint density at radius 1 is 1.31 bits per heavy atom. The zero-order chi connectivity index (χ0) is 12.0. The molecule has 1 aliphatic carbocycles. The summed E-state index contributed by atoms with van der Waals surface area (Å²) in [5.41, 5.74) is 5.96. The van der Waals surface area contributed by atoms with E-state index in [0.717, 1.165) is 19.2 Å². The summed E-state index contributed by atoms with van der Waals surface area (Å²) in [5.74, 6) is 0. The lowest BCUT2D eigenvalue weighted by Gasteiger charge is -2.39. The van der Waals surface area contributed by atoms with Crippen molar-refractivity contribution in [2.45, 2.75) is 64.1 Å². The van der Waals surface area contributed by atoms with Crippen LogP contribution in [0.15, 0.2) is 0 Å². The Balaban J connectivity index is 2.47. The first kappa shape index (κ1) is 13.9. The maximum absolute atomic E-state index is 5.96. The third-order valence-electron chi connectivity index (χ3n) is 3.92. The van der Waals surface area contributed by atoms with Crippen LogP contribution >= 0.6 is 0 Å². The Morgan fingerprint density at radius 2 is 1.94 bits per heavy atom. The highest BCUT2D eigenvalue weighted by atomic mass is 16.5. The van der Waals surface area contributed by atoms with E-state index < -0.39 is 0 Å². The van der Waals surface area contributed by atoms with Crippen molar-refractivity contribution in [1.82, 2.24) is 4.90 Å². The van der Waals surface area contributed by atoms with Crippen LogP contribution in [0.25, 0.3) is 0 Å². The maximum Gasteiger partial charge on any atom is 0.0589 e. The molecule has 3 nitrogen and oxygen atoms in total. The number of methoxy groups -OCH3 is 1. The topological polar surface area (TPSA) is 38.5 Å². The monoisotopic (exact) mass is 228 g/mol. The minimum atomic E-state index is 0.442. The van der Waals surface area contributed by atoms with Crippen LogP contribution in [0, 0.1) is 0 Å². The van der Waals surface area contributed by atoms with Crippen LogP contribution in [0.4, 0.5) is 0 Å². The SMILES string of the molecule is CCC(C)N(CCOC)C1CCC(N)CC1. The summed E-state index contributed by atoms with van der Waals surface area (Å²) in [5, 5.41) is 0. The second-order valence-corrected chi connectivity index (χ2v) is 5.06. The predicted octanol–water partition coefficient (Wildman–Crippen LogP) is 2.00. The van der Waals surface area contributed by atoms with Crippen LogP contribution in [-0.2, 0) is 4.74 Å². The molecule has 0 aromatic heterocycles. The van der Waals surface area contributed by atoms with Crippen molar-refractivity contribution in [3.63, 3.8) is 0 Å². The van der Waals surface area contributed by atoms with Crippen molar-refractivity contribution < 1.29 is 4.74 Å². The van der Waals surface area contributed by atoms with E-state index in [1.807, 2.05) is 0 Å². The molecule has 16 heavy (non-hydrogen) atoms. The van der Waals surface area contributed by atoms with Crippen LogP contribution in [0.5, 0.6) is 0 Å².